The highest BCUT2D eigenvalue weighted by atomic mass is 28.5. The molecular formula is C42H124O12Si17. The molecule has 71 heavy (non-hydrogen) atoms. The molecule has 0 rings (SSSR count). The number of hydrogen-bond acceptors (Lipinski definition) is 12. The maximum atomic E-state index is 10.5. The molecule has 0 aromatic carbocycles. The molecule has 0 aromatic rings. The van der Waals surface area contributed by atoms with Crippen LogP contribution >= 0.6 is 0 Å². The van der Waals surface area contributed by atoms with E-state index in [1.54, 1.807) is 0 Å². The van der Waals surface area contributed by atoms with Crippen LogP contribution < -0.4 is 0 Å². The molecule has 0 saturated heterocycles. The predicted molar refractivity (Wildman–Crippen MR) is 356 cm³/mol. The van der Waals surface area contributed by atoms with Crippen molar-refractivity contribution in [2.24, 2.45) is 0 Å². The fourth-order valence-corrected chi connectivity index (χ4v) is 127. The van der Waals surface area contributed by atoms with Crippen molar-refractivity contribution in [3.63, 3.8) is 0 Å². The molecule has 0 fully saturated rings. The molecule has 0 radical (unpaired) electrons. The minimum Gasteiger partial charge on any atom is -0.456 e. The Morgan fingerprint density at radius 3 is 0.408 bits per heavy atom. The Hall–Kier alpha value is 3.21. The molecule has 0 amide bonds. The summed E-state index contributed by atoms with van der Waals surface area (Å²) in [7, 11) is -34.1. The fraction of sp³-hybridized carbons (Fsp3) is 1.00. The lowest BCUT2D eigenvalue weighted by atomic mass is 11.7. The van der Waals surface area contributed by atoms with E-state index < -0.39 is 141 Å². The van der Waals surface area contributed by atoms with Gasteiger partial charge in [0.1, 0.15) is 0 Å². The highest BCUT2D eigenvalue weighted by molar-refractivity contribution is 7.04. The van der Waals surface area contributed by atoms with Gasteiger partial charge in [-0.15, -0.1) is 0 Å². The lowest BCUT2D eigenvalue weighted by Gasteiger charge is -2.44. The van der Waals surface area contributed by atoms with Crippen LogP contribution in [0.1, 0.15) is 0 Å². The predicted octanol–water partition coefficient (Wildman–Crippen LogP) is 12.7. The Morgan fingerprint density at radius 1 is 0.169 bits per heavy atom. The molecule has 12 nitrogen and oxygen atoms in total. The monoisotopic (exact) mass is 1300 g/mol. The summed E-state index contributed by atoms with van der Waals surface area (Å²) >= 11 is 0. The SMILES string of the molecule is C[Si](C)(O)C[Si](C)(C)O[Si](C)(C)C[Si](C)(C)O.C[Si](C)(O)C[Si](C)(C)O[Si](C)(C)C[Si](C)(C)O[Si](C)(C)C[Si](C)(C)O[Si](C)(C)C[Si](C)(C)O.C[Si](C)(O)C[Si](C)(C)O[Si](C)(C[Si](C)(C)O)C[Si](C)(C)O. The highest BCUT2D eigenvalue weighted by Gasteiger charge is 2.49. The van der Waals surface area contributed by atoms with Crippen LogP contribution in [-0.4, -0.2) is 175 Å². The molecule has 29 heteroatoms. The molecular weight excluding hydrogens is 1170 g/mol. The summed E-state index contributed by atoms with van der Waals surface area (Å²) < 4.78 is 33.8. The van der Waals surface area contributed by atoms with E-state index in [0.29, 0.717) is 0 Å². The average Bonchev–Trinajstić information content (AvgIpc) is 2.77. The van der Waals surface area contributed by atoms with E-state index in [9.17, 15) is 33.6 Å². The summed E-state index contributed by atoms with van der Waals surface area (Å²) in [4.78, 5) is 72.0. The van der Waals surface area contributed by atoms with Gasteiger partial charge in [-0.1, -0.05) is 0 Å². The van der Waals surface area contributed by atoms with Gasteiger partial charge in [0.2, 0.25) is 0 Å². The first-order valence-electron chi connectivity index (χ1n) is 26.5. The third kappa shape index (κ3) is 48.8. The third-order valence-corrected chi connectivity index (χ3v) is 93.1. The Kier molecular flexibility index (Phi) is 29.7. The van der Waals surface area contributed by atoms with Crippen molar-refractivity contribution in [1.29, 1.82) is 0 Å². The largest absolute Gasteiger partial charge is 0.456 e. The first kappa shape index (κ1) is 78.4. The van der Waals surface area contributed by atoms with E-state index >= 15 is 0 Å². The number of rotatable bonds is 28. The summed E-state index contributed by atoms with van der Waals surface area (Å²) in [6.45, 7) is 70.9. The molecule has 7 N–H and O–H groups in total. The standard InChI is InChI=1S/C20H58O5Si8.C12H36O4Si5.C10H30O3Si4/c1-26(2,21)17-28(5,6)23-30(9,10)19-32(13,14)25-33(15,16)20-31(11,12)24-29(7,8)18-27(3,4)22;1-17(2,13)10-20(7,8)16-21(9,11-18(3,4)14)12-19(5,6)15;1-14(2,11)9-16(5,6)13-17(7,8)10-15(3,4)12/h21-22H,17-20H2,1-16H3;13-15H,10-12H2,1-9H3;11-12H,9-10H2,1-8H3. The molecule has 0 aliphatic heterocycles. The van der Waals surface area contributed by atoms with Crippen LogP contribution in [0.4, 0.5) is 0 Å². The van der Waals surface area contributed by atoms with Crippen molar-refractivity contribution in [3.8, 4) is 0 Å². The average molecular weight is 1300 g/mol. The van der Waals surface area contributed by atoms with E-state index in [2.05, 4.69) is 124 Å². The van der Waals surface area contributed by atoms with Crippen molar-refractivity contribution in [2.75, 3.05) is 0 Å². The Morgan fingerprint density at radius 2 is 0.282 bits per heavy atom. The second kappa shape index (κ2) is 26.9. The van der Waals surface area contributed by atoms with Gasteiger partial charge in [0, 0.05) is 0 Å². The molecule has 0 spiro atoms. The van der Waals surface area contributed by atoms with E-state index in [4.69, 9.17) is 20.6 Å². The van der Waals surface area contributed by atoms with Crippen LogP contribution in [0.15, 0.2) is 0 Å². The van der Waals surface area contributed by atoms with Crippen LogP contribution in [0.5, 0.6) is 0 Å². The van der Waals surface area contributed by atoms with Crippen LogP contribution in [0, 0.1) is 0 Å². The van der Waals surface area contributed by atoms with Gasteiger partial charge in [-0.05, 0) is 267 Å². The minimum atomic E-state index is -2.23. The van der Waals surface area contributed by atoms with Gasteiger partial charge in [-0.3, -0.25) is 0 Å². The van der Waals surface area contributed by atoms with Gasteiger partial charge in [-0.2, -0.15) is 0 Å². The molecule has 0 aliphatic carbocycles. The molecule has 432 valence electrons. The first-order chi connectivity index (χ1) is 29.9. The van der Waals surface area contributed by atoms with Crippen molar-refractivity contribution in [3.05, 3.63) is 0 Å². The van der Waals surface area contributed by atoms with Crippen LogP contribution in [0.2, 0.25) is 267 Å². The molecule has 0 saturated carbocycles. The molecule has 0 unspecified atom stereocenters. The Balaban J connectivity index is -0.00000105. The van der Waals surface area contributed by atoms with Crippen LogP contribution in [0.25, 0.3) is 0 Å². The van der Waals surface area contributed by atoms with Gasteiger partial charge in [-0.25, -0.2) is 0 Å². The minimum absolute atomic E-state index is 0.765. The molecule has 0 aromatic heterocycles. The lowest BCUT2D eigenvalue weighted by molar-refractivity contribution is 0.506. The van der Waals surface area contributed by atoms with Crippen molar-refractivity contribution >= 4 is 141 Å². The first-order valence-corrected chi connectivity index (χ1v) is 79.4. The molecule has 0 atom stereocenters. The molecule has 0 aliphatic rings. The third-order valence-electron chi connectivity index (χ3n) is 10.3. The van der Waals surface area contributed by atoms with E-state index in [-0.39, 0.29) is 0 Å². The van der Waals surface area contributed by atoms with Gasteiger partial charge >= 0.3 is 0 Å². The molecule has 0 bridgehead atoms. The summed E-state index contributed by atoms with van der Waals surface area (Å²) in [5.74, 6) is 0. The summed E-state index contributed by atoms with van der Waals surface area (Å²) in [6, 6.07) is 0. The fourth-order valence-electron chi connectivity index (χ4n) is 13.2. The Bertz CT molecular complexity index is 1490. The maximum Gasteiger partial charge on any atom is 0.182 e. The quantitative estimate of drug-likeness (QED) is 0.0368. The van der Waals surface area contributed by atoms with Gasteiger partial charge in [0.25, 0.3) is 0 Å². The van der Waals surface area contributed by atoms with E-state index in [1.807, 2.05) is 91.7 Å². The van der Waals surface area contributed by atoms with Crippen molar-refractivity contribution < 1.29 is 54.1 Å². The number of hydrogen-bond donors (Lipinski definition) is 7. The summed E-state index contributed by atoms with van der Waals surface area (Å²) in [5.41, 5.74) is 8.06. The second-order valence-electron chi connectivity index (χ2n) is 32.1. The second-order valence-corrected chi connectivity index (χ2v) is 109. The summed E-state index contributed by atoms with van der Waals surface area (Å²) in [6.07, 6.45) is 0. The van der Waals surface area contributed by atoms with Gasteiger partial charge < -0.3 is 54.1 Å². The normalized spacial score (nSPS) is 15.5. The van der Waals surface area contributed by atoms with Crippen molar-refractivity contribution in [1.82, 2.24) is 0 Å². The summed E-state index contributed by atoms with van der Waals surface area (Å²) in [5, 5.41) is 0. The zero-order chi connectivity index (χ0) is 58.4. The van der Waals surface area contributed by atoms with E-state index in [1.165, 1.54) is 0 Å². The van der Waals surface area contributed by atoms with Crippen LogP contribution in [-0.2, 0) is 20.6 Å². The van der Waals surface area contributed by atoms with Gasteiger partial charge in [0.05, 0.1) is 0 Å². The maximum absolute atomic E-state index is 10.5. The Labute approximate surface area is 458 Å². The topological polar surface area (TPSA) is 188 Å². The van der Waals surface area contributed by atoms with Gasteiger partial charge in [0.15, 0.2) is 141 Å². The zero-order valence-corrected chi connectivity index (χ0v) is 70.0. The van der Waals surface area contributed by atoms with E-state index in [0.717, 1.165) is 51.0 Å². The zero-order valence-electron chi connectivity index (χ0n) is 53.0. The van der Waals surface area contributed by atoms with Crippen molar-refractivity contribution in [2.45, 2.75) is 267 Å². The lowest BCUT2D eigenvalue weighted by Crippen LogP contribution is -2.57. The van der Waals surface area contributed by atoms with Crippen LogP contribution in [0.3, 0.4) is 0 Å². The molecule has 0 heterocycles. The highest BCUT2D eigenvalue weighted by Crippen LogP contribution is 2.36. The smallest absolute Gasteiger partial charge is 0.182 e.